The zero-order valence-corrected chi connectivity index (χ0v) is 18.0. The Bertz CT molecular complexity index is 712. The molecule has 0 spiro atoms. The van der Waals surface area contributed by atoms with Crippen LogP contribution in [0, 0.1) is 19.8 Å². The van der Waals surface area contributed by atoms with E-state index in [0.717, 1.165) is 37.8 Å². The fourth-order valence-electron chi connectivity index (χ4n) is 4.18. The van der Waals surface area contributed by atoms with Crippen LogP contribution in [0.1, 0.15) is 55.0 Å². The average molecular weight is 381 g/mol. The van der Waals surface area contributed by atoms with Crippen LogP contribution in [-0.4, -0.2) is 31.1 Å². The second-order valence-corrected chi connectivity index (χ2v) is 8.53. The van der Waals surface area contributed by atoms with E-state index >= 15 is 0 Å². The van der Waals surface area contributed by atoms with Crippen LogP contribution in [0.3, 0.4) is 0 Å². The first kappa shape index (κ1) is 20.9. The van der Waals surface area contributed by atoms with Crippen molar-refractivity contribution in [3.8, 4) is 5.75 Å². The van der Waals surface area contributed by atoms with Crippen LogP contribution in [0.5, 0.6) is 5.75 Å². The van der Waals surface area contributed by atoms with Gasteiger partial charge in [-0.25, -0.2) is 0 Å². The molecule has 1 heterocycles. The van der Waals surface area contributed by atoms with Crippen molar-refractivity contribution in [2.45, 2.75) is 53.2 Å². The van der Waals surface area contributed by atoms with Gasteiger partial charge < -0.3 is 10.1 Å². The second kappa shape index (κ2) is 10.1. The lowest BCUT2D eigenvalue weighted by Crippen LogP contribution is -2.45. The van der Waals surface area contributed by atoms with Gasteiger partial charge >= 0.3 is 0 Å². The number of aryl methyl sites for hydroxylation is 2. The molecule has 1 fully saturated rings. The van der Waals surface area contributed by atoms with E-state index in [0.29, 0.717) is 12.6 Å². The number of nitrogens with zero attached hydrogens (tertiary/aromatic N) is 1. The van der Waals surface area contributed by atoms with Gasteiger partial charge in [-0.1, -0.05) is 56.3 Å². The molecule has 152 valence electrons. The Balaban J connectivity index is 1.78. The highest BCUT2D eigenvalue weighted by atomic mass is 16.5. The summed E-state index contributed by atoms with van der Waals surface area (Å²) in [5, 5.41) is 3.49. The third-order valence-corrected chi connectivity index (χ3v) is 5.70. The first-order valence-electron chi connectivity index (χ1n) is 10.8. The summed E-state index contributed by atoms with van der Waals surface area (Å²) in [6, 6.07) is 15.6. The minimum atomic E-state index is 0.505. The number of hydrogen-bond donors (Lipinski definition) is 1. The number of hydrogen-bond acceptors (Lipinski definition) is 3. The molecule has 0 aliphatic carbocycles. The monoisotopic (exact) mass is 380 g/mol. The van der Waals surface area contributed by atoms with Gasteiger partial charge in [0, 0.05) is 32.2 Å². The Labute approximate surface area is 171 Å². The molecule has 3 rings (SSSR count). The van der Waals surface area contributed by atoms with Crippen LogP contribution < -0.4 is 10.1 Å². The molecular formula is C25H36N2O. The van der Waals surface area contributed by atoms with Gasteiger partial charge in [0.1, 0.15) is 12.4 Å². The molecule has 1 aliphatic heterocycles. The third kappa shape index (κ3) is 5.59. The first-order valence-corrected chi connectivity index (χ1v) is 10.8. The fourth-order valence-corrected chi connectivity index (χ4v) is 4.18. The molecule has 1 N–H and O–H groups in total. The molecule has 0 radical (unpaired) electrons. The molecule has 0 unspecified atom stereocenters. The molecule has 2 aromatic rings. The third-order valence-electron chi connectivity index (χ3n) is 5.70. The smallest absolute Gasteiger partial charge is 0.125 e. The Morgan fingerprint density at radius 1 is 0.964 bits per heavy atom. The predicted octanol–water partition coefficient (Wildman–Crippen LogP) is 5.26. The zero-order valence-electron chi connectivity index (χ0n) is 18.0. The molecule has 0 bridgehead atoms. The minimum Gasteiger partial charge on any atom is -0.488 e. The maximum absolute atomic E-state index is 6.21. The SMILES string of the molecule is Cc1cc([C@H](CCC(C)C)N2CCNCC2)cc(C)c1OCc1ccccc1. The predicted molar refractivity (Wildman–Crippen MR) is 118 cm³/mol. The summed E-state index contributed by atoms with van der Waals surface area (Å²) >= 11 is 0. The van der Waals surface area contributed by atoms with Crippen LogP contribution in [-0.2, 0) is 6.61 Å². The van der Waals surface area contributed by atoms with Gasteiger partial charge in [-0.15, -0.1) is 0 Å². The highest BCUT2D eigenvalue weighted by Gasteiger charge is 2.23. The van der Waals surface area contributed by atoms with Crippen LogP contribution in [0.25, 0.3) is 0 Å². The minimum absolute atomic E-state index is 0.505. The Morgan fingerprint density at radius 2 is 1.61 bits per heavy atom. The fraction of sp³-hybridized carbons (Fsp3) is 0.520. The van der Waals surface area contributed by atoms with E-state index in [1.165, 1.54) is 35.1 Å². The van der Waals surface area contributed by atoms with Crippen LogP contribution >= 0.6 is 0 Å². The maximum atomic E-state index is 6.21. The second-order valence-electron chi connectivity index (χ2n) is 8.53. The molecule has 0 amide bonds. The summed E-state index contributed by atoms with van der Waals surface area (Å²) in [7, 11) is 0. The summed E-state index contributed by atoms with van der Waals surface area (Å²) in [6.45, 7) is 14.1. The number of nitrogens with one attached hydrogen (secondary N) is 1. The molecule has 28 heavy (non-hydrogen) atoms. The van der Waals surface area contributed by atoms with E-state index in [9.17, 15) is 0 Å². The number of ether oxygens (including phenoxy) is 1. The molecule has 1 atom stereocenters. The first-order chi connectivity index (χ1) is 13.5. The Morgan fingerprint density at radius 3 is 2.21 bits per heavy atom. The summed E-state index contributed by atoms with van der Waals surface area (Å²) < 4.78 is 6.21. The number of piperazine rings is 1. The molecule has 0 aromatic heterocycles. The van der Waals surface area contributed by atoms with E-state index in [1.54, 1.807) is 0 Å². The largest absolute Gasteiger partial charge is 0.488 e. The topological polar surface area (TPSA) is 24.5 Å². The quantitative estimate of drug-likeness (QED) is 0.675. The zero-order chi connectivity index (χ0) is 19.9. The molecular weight excluding hydrogens is 344 g/mol. The lowest BCUT2D eigenvalue weighted by molar-refractivity contribution is 0.159. The van der Waals surface area contributed by atoms with Crippen molar-refractivity contribution in [1.82, 2.24) is 10.2 Å². The van der Waals surface area contributed by atoms with Gasteiger partial charge in [-0.3, -0.25) is 4.90 Å². The van der Waals surface area contributed by atoms with Gasteiger partial charge in [0.2, 0.25) is 0 Å². The average Bonchev–Trinajstić information content (AvgIpc) is 2.69. The summed E-state index contributed by atoms with van der Waals surface area (Å²) in [4.78, 5) is 2.66. The molecule has 2 aromatic carbocycles. The van der Waals surface area contributed by atoms with E-state index in [4.69, 9.17) is 4.74 Å². The molecule has 1 aliphatic rings. The summed E-state index contributed by atoms with van der Waals surface area (Å²) in [6.07, 6.45) is 2.49. The molecule has 0 saturated carbocycles. The lowest BCUT2D eigenvalue weighted by Gasteiger charge is -2.36. The normalized spacial score (nSPS) is 16.3. The van der Waals surface area contributed by atoms with Crippen molar-refractivity contribution < 1.29 is 4.74 Å². The van der Waals surface area contributed by atoms with Crippen molar-refractivity contribution >= 4 is 0 Å². The highest BCUT2D eigenvalue weighted by Crippen LogP contribution is 2.33. The van der Waals surface area contributed by atoms with Crippen LogP contribution in [0.2, 0.25) is 0 Å². The Hall–Kier alpha value is -1.84. The lowest BCUT2D eigenvalue weighted by atomic mass is 9.93. The van der Waals surface area contributed by atoms with E-state index < -0.39 is 0 Å². The number of benzene rings is 2. The van der Waals surface area contributed by atoms with Gasteiger partial charge in [-0.2, -0.15) is 0 Å². The van der Waals surface area contributed by atoms with Crippen molar-refractivity contribution in [2.24, 2.45) is 5.92 Å². The summed E-state index contributed by atoms with van der Waals surface area (Å²) in [5.74, 6) is 1.77. The van der Waals surface area contributed by atoms with Crippen LogP contribution in [0.4, 0.5) is 0 Å². The Kier molecular flexibility index (Phi) is 7.52. The maximum Gasteiger partial charge on any atom is 0.125 e. The molecule has 3 nitrogen and oxygen atoms in total. The van der Waals surface area contributed by atoms with Crippen molar-refractivity contribution in [3.63, 3.8) is 0 Å². The van der Waals surface area contributed by atoms with Crippen molar-refractivity contribution in [3.05, 3.63) is 64.7 Å². The van der Waals surface area contributed by atoms with E-state index in [1.807, 2.05) is 6.07 Å². The van der Waals surface area contributed by atoms with Gasteiger partial charge in [0.25, 0.3) is 0 Å². The van der Waals surface area contributed by atoms with Crippen LogP contribution in [0.15, 0.2) is 42.5 Å². The van der Waals surface area contributed by atoms with Crippen molar-refractivity contribution in [2.75, 3.05) is 26.2 Å². The van der Waals surface area contributed by atoms with E-state index in [2.05, 4.69) is 74.3 Å². The van der Waals surface area contributed by atoms with Gasteiger partial charge in [0.05, 0.1) is 0 Å². The van der Waals surface area contributed by atoms with Gasteiger partial charge in [0.15, 0.2) is 0 Å². The van der Waals surface area contributed by atoms with Crippen molar-refractivity contribution in [1.29, 1.82) is 0 Å². The van der Waals surface area contributed by atoms with Gasteiger partial charge in [-0.05, 0) is 54.9 Å². The standard InChI is InChI=1S/C25H36N2O/c1-19(2)10-11-24(27-14-12-26-13-15-27)23-16-20(3)25(21(4)17-23)28-18-22-8-6-5-7-9-22/h5-9,16-17,19,24,26H,10-15,18H2,1-4H3/t24-/m0/s1. The molecule has 1 saturated heterocycles. The summed E-state index contributed by atoms with van der Waals surface area (Å²) in [5.41, 5.74) is 5.15. The highest BCUT2D eigenvalue weighted by molar-refractivity contribution is 5.44. The number of rotatable bonds is 8. The molecule has 3 heteroatoms. The van der Waals surface area contributed by atoms with E-state index in [-0.39, 0.29) is 0 Å².